The molecule has 0 aromatic carbocycles. The second kappa shape index (κ2) is 8.79. The first-order valence-corrected chi connectivity index (χ1v) is 5.21. The zero-order valence-electron chi connectivity index (χ0n) is 8.60. The van der Waals surface area contributed by atoms with Gasteiger partial charge in [0.1, 0.15) is 0 Å². The molecule has 0 amide bonds. The van der Waals surface area contributed by atoms with Crippen molar-refractivity contribution >= 4 is 0 Å². The van der Waals surface area contributed by atoms with Crippen LogP contribution in [0.25, 0.3) is 0 Å². The Balaban J connectivity index is 3.32. The van der Waals surface area contributed by atoms with E-state index in [0.29, 0.717) is 6.04 Å². The first-order valence-electron chi connectivity index (χ1n) is 5.21. The maximum absolute atomic E-state index is 3.83. The van der Waals surface area contributed by atoms with Crippen LogP contribution in [0.4, 0.5) is 0 Å². The minimum absolute atomic E-state index is 0.538. The third kappa shape index (κ3) is 6.41. The molecule has 0 aromatic heterocycles. The fourth-order valence-corrected chi connectivity index (χ4v) is 1.25. The normalized spacial score (nSPS) is 12.8. The average Bonchev–Trinajstić information content (AvgIpc) is 2.11. The highest BCUT2D eigenvalue weighted by atomic mass is 14.9. The zero-order valence-corrected chi connectivity index (χ0v) is 8.60. The number of unbranched alkanes of at least 4 members (excludes halogenated alkanes) is 2. The minimum atomic E-state index is 0.538. The molecule has 0 bridgehead atoms. The number of hydrogen-bond acceptors (Lipinski definition) is 1. The predicted octanol–water partition coefficient (Wildman–Crippen LogP) is 3.12. The monoisotopic (exact) mass is 169 g/mol. The molecule has 0 aliphatic heterocycles. The van der Waals surface area contributed by atoms with Crippen molar-refractivity contribution < 1.29 is 0 Å². The second-order valence-electron chi connectivity index (χ2n) is 3.29. The highest BCUT2D eigenvalue weighted by Gasteiger charge is 2.00. The first-order chi connectivity index (χ1) is 5.85. The largest absolute Gasteiger partial charge is 0.311 e. The first kappa shape index (κ1) is 11.7. The standard InChI is InChI=1S/C11H23N/c1-4-7-8-9-11(6-3)12-10-5-2/h6,11-12H,3-5,7-10H2,1-2H3. The average molecular weight is 169 g/mol. The fourth-order valence-electron chi connectivity index (χ4n) is 1.25. The van der Waals surface area contributed by atoms with Crippen molar-refractivity contribution in [3.05, 3.63) is 12.7 Å². The molecule has 0 aromatic rings. The lowest BCUT2D eigenvalue weighted by Crippen LogP contribution is -2.27. The lowest BCUT2D eigenvalue weighted by atomic mass is 10.1. The SMILES string of the molecule is C=CC(CCCCC)NCCC. The van der Waals surface area contributed by atoms with E-state index < -0.39 is 0 Å². The van der Waals surface area contributed by atoms with Crippen LogP contribution in [0.15, 0.2) is 12.7 Å². The van der Waals surface area contributed by atoms with Gasteiger partial charge in [-0.1, -0.05) is 39.2 Å². The van der Waals surface area contributed by atoms with Gasteiger partial charge in [-0.3, -0.25) is 0 Å². The van der Waals surface area contributed by atoms with Gasteiger partial charge in [0.15, 0.2) is 0 Å². The van der Waals surface area contributed by atoms with E-state index in [-0.39, 0.29) is 0 Å². The van der Waals surface area contributed by atoms with E-state index in [2.05, 4.69) is 25.7 Å². The molecule has 0 aliphatic rings. The van der Waals surface area contributed by atoms with E-state index in [4.69, 9.17) is 0 Å². The van der Waals surface area contributed by atoms with Crippen molar-refractivity contribution in [3.63, 3.8) is 0 Å². The van der Waals surface area contributed by atoms with Crippen LogP contribution in [-0.2, 0) is 0 Å². The predicted molar refractivity (Wildman–Crippen MR) is 56.4 cm³/mol. The summed E-state index contributed by atoms with van der Waals surface area (Å²) < 4.78 is 0. The molecule has 1 heteroatoms. The van der Waals surface area contributed by atoms with Gasteiger partial charge in [-0.25, -0.2) is 0 Å². The Morgan fingerprint density at radius 1 is 1.25 bits per heavy atom. The summed E-state index contributed by atoms with van der Waals surface area (Å²) in [5.74, 6) is 0. The maximum Gasteiger partial charge on any atom is 0.0247 e. The smallest absolute Gasteiger partial charge is 0.0247 e. The summed E-state index contributed by atoms with van der Waals surface area (Å²) in [4.78, 5) is 0. The highest BCUT2D eigenvalue weighted by molar-refractivity contribution is 4.84. The molecule has 1 N–H and O–H groups in total. The van der Waals surface area contributed by atoms with Crippen LogP contribution in [0.5, 0.6) is 0 Å². The van der Waals surface area contributed by atoms with E-state index in [1.807, 2.05) is 6.08 Å². The van der Waals surface area contributed by atoms with Gasteiger partial charge in [0, 0.05) is 6.04 Å². The molecule has 0 rings (SSSR count). The lowest BCUT2D eigenvalue weighted by molar-refractivity contribution is 0.523. The molecule has 12 heavy (non-hydrogen) atoms. The topological polar surface area (TPSA) is 12.0 Å². The Morgan fingerprint density at radius 3 is 2.50 bits per heavy atom. The Bertz CT molecular complexity index is 99.2. The van der Waals surface area contributed by atoms with Crippen molar-refractivity contribution in [1.29, 1.82) is 0 Å². The van der Waals surface area contributed by atoms with Crippen molar-refractivity contribution in [2.45, 2.75) is 52.0 Å². The van der Waals surface area contributed by atoms with E-state index in [1.165, 1.54) is 32.1 Å². The van der Waals surface area contributed by atoms with Gasteiger partial charge in [-0.15, -0.1) is 6.58 Å². The zero-order chi connectivity index (χ0) is 9.23. The second-order valence-corrected chi connectivity index (χ2v) is 3.29. The molecule has 0 saturated heterocycles. The van der Waals surface area contributed by atoms with Crippen molar-refractivity contribution in [2.75, 3.05) is 6.54 Å². The lowest BCUT2D eigenvalue weighted by Gasteiger charge is -2.13. The van der Waals surface area contributed by atoms with Gasteiger partial charge in [-0.05, 0) is 19.4 Å². The third-order valence-electron chi connectivity index (χ3n) is 2.06. The molecule has 1 nitrogen and oxygen atoms in total. The van der Waals surface area contributed by atoms with Crippen LogP contribution in [0, 0.1) is 0 Å². The molecule has 0 saturated carbocycles. The molecule has 0 spiro atoms. The van der Waals surface area contributed by atoms with Gasteiger partial charge in [0.25, 0.3) is 0 Å². The van der Waals surface area contributed by atoms with Crippen LogP contribution in [0.2, 0.25) is 0 Å². The van der Waals surface area contributed by atoms with Crippen molar-refractivity contribution in [1.82, 2.24) is 5.32 Å². The summed E-state index contributed by atoms with van der Waals surface area (Å²) in [6, 6.07) is 0.538. The van der Waals surface area contributed by atoms with Crippen LogP contribution in [0.1, 0.15) is 46.0 Å². The van der Waals surface area contributed by atoms with E-state index in [1.54, 1.807) is 0 Å². The van der Waals surface area contributed by atoms with Crippen LogP contribution >= 0.6 is 0 Å². The van der Waals surface area contributed by atoms with Gasteiger partial charge < -0.3 is 5.32 Å². The van der Waals surface area contributed by atoms with Gasteiger partial charge in [0.2, 0.25) is 0 Å². The number of nitrogens with one attached hydrogen (secondary N) is 1. The summed E-state index contributed by atoms with van der Waals surface area (Å²) >= 11 is 0. The molecule has 0 heterocycles. The van der Waals surface area contributed by atoms with Crippen molar-refractivity contribution in [2.24, 2.45) is 0 Å². The Morgan fingerprint density at radius 2 is 2.00 bits per heavy atom. The quantitative estimate of drug-likeness (QED) is 0.435. The van der Waals surface area contributed by atoms with E-state index >= 15 is 0 Å². The highest BCUT2D eigenvalue weighted by Crippen LogP contribution is 2.03. The molecular weight excluding hydrogens is 146 g/mol. The Hall–Kier alpha value is -0.300. The summed E-state index contributed by atoms with van der Waals surface area (Å²) in [5, 5.41) is 3.46. The van der Waals surface area contributed by atoms with Crippen LogP contribution < -0.4 is 5.32 Å². The third-order valence-corrected chi connectivity index (χ3v) is 2.06. The fraction of sp³-hybridized carbons (Fsp3) is 0.818. The molecule has 0 radical (unpaired) electrons. The van der Waals surface area contributed by atoms with E-state index in [9.17, 15) is 0 Å². The van der Waals surface area contributed by atoms with Crippen LogP contribution in [-0.4, -0.2) is 12.6 Å². The molecular formula is C11H23N. The molecule has 0 fully saturated rings. The Kier molecular flexibility index (Phi) is 8.57. The molecule has 0 aliphatic carbocycles. The number of hydrogen-bond donors (Lipinski definition) is 1. The molecule has 72 valence electrons. The summed E-state index contributed by atoms with van der Waals surface area (Å²) in [5.41, 5.74) is 0. The summed E-state index contributed by atoms with van der Waals surface area (Å²) in [6.45, 7) is 9.38. The summed E-state index contributed by atoms with van der Waals surface area (Å²) in [7, 11) is 0. The van der Waals surface area contributed by atoms with E-state index in [0.717, 1.165) is 6.54 Å². The molecule has 1 atom stereocenters. The number of rotatable bonds is 8. The van der Waals surface area contributed by atoms with Crippen LogP contribution in [0.3, 0.4) is 0 Å². The molecule has 1 unspecified atom stereocenters. The van der Waals surface area contributed by atoms with Gasteiger partial charge in [0.05, 0.1) is 0 Å². The Labute approximate surface area is 77.2 Å². The van der Waals surface area contributed by atoms with Crippen molar-refractivity contribution in [3.8, 4) is 0 Å². The van der Waals surface area contributed by atoms with Gasteiger partial charge >= 0.3 is 0 Å². The summed E-state index contributed by atoms with van der Waals surface area (Å²) in [6.07, 6.45) is 8.46. The maximum atomic E-state index is 3.83. The minimum Gasteiger partial charge on any atom is -0.311 e. The van der Waals surface area contributed by atoms with Gasteiger partial charge in [-0.2, -0.15) is 0 Å².